The summed E-state index contributed by atoms with van der Waals surface area (Å²) < 4.78 is 5.30. The Morgan fingerprint density at radius 1 is 1.40 bits per heavy atom. The Morgan fingerprint density at radius 3 is 2.50 bits per heavy atom. The predicted molar refractivity (Wildman–Crippen MR) is 71.0 cm³/mol. The van der Waals surface area contributed by atoms with Crippen LogP contribution in [0.1, 0.15) is 42.1 Å². The number of likely N-dealkylation sites (tertiary alicyclic amines) is 1. The minimum atomic E-state index is -0.804. The van der Waals surface area contributed by atoms with Gasteiger partial charge in [-0.1, -0.05) is 0 Å². The second kappa shape index (κ2) is 5.11. The van der Waals surface area contributed by atoms with Crippen LogP contribution in [0.5, 0.6) is 0 Å². The largest absolute Gasteiger partial charge is 0.456 e. The van der Waals surface area contributed by atoms with Crippen molar-refractivity contribution in [2.75, 3.05) is 0 Å². The fourth-order valence-corrected chi connectivity index (χ4v) is 2.40. The highest BCUT2D eigenvalue weighted by Gasteiger charge is 2.41. The van der Waals surface area contributed by atoms with E-state index in [0.29, 0.717) is 11.3 Å². The normalized spacial score (nSPS) is 19.1. The van der Waals surface area contributed by atoms with Crippen molar-refractivity contribution < 1.29 is 18.8 Å². The quantitative estimate of drug-likeness (QED) is 0.841. The molecule has 1 aliphatic rings. The number of aryl methyl sites for hydroxylation is 2. The van der Waals surface area contributed by atoms with E-state index in [0.717, 1.165) is 0 Å². The van der Waals surface area contributed by atoms with Gasteiger partial charge >= 0.3 is 0 Å². The molecule has 0 unspecified atom stereocenters. The highest BCUT2D eigenvalue weighted by Crippen LogP contribution is 2.18. The summed E-state index contributed by atoms with van der Waals surface area (Å²) in [6.07, 6.45) is 0.00148. The third-order valence-electron chi connectivity index (χ3n) is 3.25. The van der Waals surface area contributed by atoms with Crippen molar-refractivity contribution in [3.63, 3.8) is 0 Å². The smallest absolute Gasteiger partial charge is 0.287 e. The van der Waals surface area contributed by atoms with Gasteiger partial charge in [-0.3, -0.25) is 19.3 Å². The zero-order valence-electron chi connectivity index (χ0n) is 12.0. The molecule has 0 saturated carbocycles. The summed E-state index contributed by atoms with van der Waals surface area (Å²) in [6, 6.07) is 0.739. The fourth-order valence-electron chi connectivity index (χ4n) is 2.40. The SMILES string of the molecule is Cc1cc(C)c(C(=O)N[C@H]2CC(=O)N(C(C)C)C2=O)o1. The Morgan fingerprint density at radius 2 is 2.05 bits per heavy atom. The molecule has 2 heterocycles. The second-order valence-corrected chi connectivity index (χ2v) is 5.30. The molecule has 2 rings (SSSR count). The predicted octanol–water partition coefficient (Wildman–Crippen LogP) is 1.16. The van der Waals surface area contributed by atoms with Crippen molar-refractivity contribution in [3.05, 3.63) is 23.2 Å². The van der Waals surface area contributed by atoms with E-state index in [1.807, 2.05) is 0 Å². The molecule has 1 N–H and O–H groups in total. The number of hydrogen-bond donors (Lipinski definition) is 1. The van der Waals surface area contributed by atoms with Gasteiger partial charge < -0.3 is 9.73 Å². The van der Waals surface area contributed by atoms with Gasteiger partial charge in [-0.2, -0.15) is 0 Å². The first-order chi connectivity index (χ1) is 9.31. The third kappa shape index (κ3) is 2.45. The molecule has 1 saturated heterocycles. The lowest BCUT2D eigenvalue weighted by atomic mass is 10.2. The summed E-state index contributed by atoms with van der Waals surface area (Å²) in [6.45, 7) is 7.03. The monoisotopic (exact) mass is 278 g/mol. The van der Waals surface area contributed by atoms with Gasteiger partial charge in [0.2, 0.25) is 5.91 Å². The highest BCUT2D eigenvalue weighted by molar-refractivity contribution is 6.08. The molecular formula is C14H18N2O4. The van der Waals surface area contributed by atoms with Crippen LogP contribution in [-0.2, 0) is 9.59 Å². The number of imide groups is 1. The number of hydrogen-bond acceptors (Lipinski definition) is 4. The number of carbonyl (C=O) groups excluding carboxylic acids is 3. The Hall–Kier alpha value is -2.11. The summed E-state index contributed by atoms with van der Waals surface area (Å²) >= 11 is 0. The molecule has 108 valence electrons. The van der Waals surface area contributed by atoms with Crippen LogP contribution < -0.4 is 5.32 Å². The number of amides is 3. The van der Waals surface area contributed by atoms with E-state index in [-0.39, 0.29) is 30.0 Å². The van der Waals surface area contributed by atoms with Crippen molar-refractivity contribution in [1.82, 2.24) is 10.2 Å². The van der Waals surface area contributed by atoms with Crippen LogP contribution in [0.4, 0.5) is 0 Å². The van der Waals surface area contributed by atoms with Crippen LogP contribution >= 0.6 is 0 Å². The maximum atomic E-state index is 12.1. The zero-order valence-corrected chi connectivity index (χ0v) is 12.0. The first-order valence-electron chi connectivity index (χ1n) is 6.55. The summed E-state index contributed by atoms with van der Waals surface area (Å²) in [5.41, 5.74) is 0.706. The average molecular weight is 278 g/mol. The van der Waals surface area contributed by atoms with E-state index in [1.54, 1.807) is 33.8 Å². The summed E-state index contributed by atoms with van der Waals surface area (Å²) in [5, 5.41) is 2.57. The number of furan rings is 1. The molecule has 0 bridgehead atoms. The van der Waals surface area contributed by atoms with E-state index in [2.05, 4.69) is 5.32 Å². The van der Waals surface area contributed by atoms with Gasteiger partial charge in [-0.15, -0.1) is 0 Å². The number of rotatable bonds is 3. The minimum absolute atomic E-state index is 0.00148. The fraction of sp³-hybridized carbons (Fsp3) is 0.500. The average Bonchev–Trinajstić information content (AvgIpc) is 2.79. The van der Waals surface area contributed by atoms with E-state index < -0.39 is 11.9 Å². The van der Waals surface area contributed by atoms with Crippen molar-refractivity contribution in [1.29, 1.82) is 0 Å². The van der Waals surface area contributed by atoms with Crippen molar-refractivity contribution in [2.24, 2.45) is 0 Å². The van der Waals surface area contributed by atoms with E-state index >= 15 is 0 Å². The van der Waals surface area contributed by atoms with Gasteiger partial charge in [-0.25, -0.2) is 0 Å². The maximum absolute atomic E-state index is 12.1. The first kappa shape index (κ1) is 14.3. The van der Waals surface area contributed by atoms with Crippen molar-refractivity contribution >= 4 is 17.7 Å². The highest BCUT2D eigenvalue weighted by atomic mass is 16.3. The molecule has 1 aliphatic heterocycles. The summed E-state index contributed by atoms with van der Waals surface area (Å²) in [4.78, 5) is 37.1. The second-order valence-electron chi connectivity index (χ2n) is 5.30. The first-order valence-corrected chi connectivity index (χ1v) is 6.55. The molecule has 0 aliphatic carbocycles. The molecule has 1 aromatic rings. The molecule has 1 atom stereocenters. The number of nitrogens with zero attached hydrogens (tertiary/aromatic N) is 1. The molecule has 0 aromatic carbocycles. The van der Waals surface area contributed by atoms with Crippen LogP contribution in [0, 0.1) is 13.8 Å². The molecule has 1 aromatic heterocycles. The van der Waals surface area contributed by atoms with Gasteiger partial charge in [0.05, 0.1) is 6.42 Å². The number of nitrogens with one attached hydrogen (secondary N) is 1. The Balaban J connectivity index is 2.12. The summed E-state index contributed by atoms with van der Waals surface area (Å²) in [7, 11) is 0. The van der Waals surface area contributed by atoms with Crippen LogP contribution in [0.2, 0.25) is 0 Å². The maximum Gasteiger partial charge on any atom is 0.287 e. The molecule has 6 heteroatoms. The minimum Gasteiger partial charge on any atom is -0.456 e. The van der Waals surface area contributed by atoms with Gasteiger partial charge in [-0.05, 0) is 33.8 Å². The topological polar surface area (TPSA) is 79.6 Å². The zero-order chi connectivity index (χ0) is 15.0. The van der Waals surface area contributed by atoms with Crippen molar-refractivity contribution in [3.8, 4) is 0 Å². The summed E-state index contributed by atoms with van der Waals surface area (Å²) in [5.74, 6) is -0.273. The molecule has 6 nitrogen and oxygen atoms in total. The lowest BCUT2D eigenvalue weighted by Crippen LogP contribution is -2.43. The molecular weight excluding hydrogens is 260 g/mol. The standard InChI is InChI=1S/C14H18N2O4/c1-7(2)16-11(17)6-10(14(16)19)15-13(18)12-8(3)5-9(4)20-12/h5,7,10H,6H2,1-4H3,(H,15,18)/t10-/m0/s1. The van der Waals surface area contributed by atoms with Gasteiger partial charge in [0.15, 0.2) is 5.76 Å². The van der Waals surface area contributed by atoms with Crippen LogP contribution in [-0.4, -0.2) is 34.7 Å². The van der Waals surface area contributed by atoms with E-state index in [9.17, 15) is 14.4 Å². The van der Waals surface area contributed by atoms with Gasteiger partial charge in [0.25, 0.3) is 11.8 Å². The molecule has 3 amide bonds. The van der Waals surface area contributed by atoms with Crippen LogP contribution in [0.15, 0.2) is 10.5 Å². The Kier molecular flexibility index (Phi) is 3.65. The lowest BCUT2D eigenvalue weighted by molar-refractivity contribution is -0.140. The molecule has 1 fully saturated rings. The van der Waals surface area contributed by atoms with Gasteiger partial charge in [0.1, 0.15) is 11.8 Å². The third-order valence-corrected chi connectivity index (χ3v) is 3.25. The van der Waals surface area contributed by atoms with E-state index in [1.165, 1.54) is 4.90 Å². The lowest BCUT2D eigenvalue weighted by Gasteiger charge is -2.19. The van der Waals surface area contributed by atoms with E-state index in [4.69, 9.17) is 4.42 Å². The molecule has 20 heavy (non-hydrogen) atoms. The van der Waals surface area contributed by atoms with Crippen molar-refractivity contribution in [2.45, 2.75) is 46.2 Å². The van der Waals surface area contributed by atoms with Crippen LogP contribution in [0.3, 0.4) is 0 Å². The van der Waals surface area contributed by atoms with Gasteiger partial charge in [0, 0.05) is 11.6 Å². The van der Waals surface area contributed by atoms with Crippen LogP contribution in [0.25, 0.3) is 0 Å². The Labute approximate surface area is 117 Å². The Bertz CT molecular complexity index is 574. The molecule has 0 spiro atoms. The number of carbonyl (C=O) groups is 3. The molecule has 0 radical (unpaired) electrons.